The fourth-order valence-electron chi connectivity index (χ4n) is 3.06. The Morgan fingerprint density at radius 2 is 1.88 bits per heavy atom. The first kappa shape index (κ1) is 17.2. The normalized spacial score (nSPS) is 17.1. The molecule has 0 aliphatic carbocycles. The molecule has 1 unspecified atom stereocenters. The summed E-state index contributed by atoms with van der Waals surface area (Å²) >= 11 is 9.35. The molecule has 0 N–H and O–H groups in total. The van der Waals surface area contributed by atoms with Gasteiger partial charge in [-0.1, -0.05) is 44.8 Å². The summed E-state index contributed by atoms with van der Waals surface area (Å²) in [6.07, 6.45) is 1.16. The van der Waals surface area contributed by atoms with Gasteiger partial charge < -0.3 is 9.42 Å². The van der Waals surface area contributed by atoms with Gasteiger partial charge in [0.1, 0.15) is 6.04 Å². The van der Waals surface area contributed by atoms with E-state index in [4.69, 9.17) is 16.1 Å². The number of benzene rings is 2. The molecule has 1 amide bonds. The summed E-state index contributed by atoms with van der Waals surface area (Å²) < 4.78 is 6.47. The smallest absolute Gasteiger partial charge is 0.249 e. The Morgan fingerprint density at radius 3 is 2.62 bits per heavy atom. The average Bonchev–Trinajstić information content (AvgIpc) is 3.25. The van der Waals surface area contributed by atoms with Crippen LogP contribution in [0.4, 0.5) is 0 Å². The largest absolute Gasteiger partial charge is 0.337 e. The highest BCUT2D eigenvalue weighted by molar-refractivity contribution is 9.10. The molecular weight excluding hydrogens is 418 g/mol. The quantitative estimate of drug-likeness (QED) is 0.581. The Bertz CT molecular complexity index is 925. The highest BCUT2D eigenvalue weighted by atomic mass is 79.9. The highest BCUT2D eigenvalue weighted by Gasteiger charge is 2.36. The SMILES string of the molecule is O=C1CCC(c2nc(-c3ccc(Br)cc3)no2)N1Cc1ccc(Cl)cc1. The maximum atomic E-state index is 12.3. The molecule has 1 saturated heterocycles. The van der Waals surface area contributed by atoms with E-state index in [0.717, 1.165) is 15.6 Å². The predicted molar refractivity (Wildman–Crippen MR) is 101 cm³/mol. The van der Waals surface area contributed by atoms with Crippen molar-refractivity contribution in [3.05, 3.63) is 69.5 Å². The van der Waals surface area contributed by atoms with Gasteiger partial charge >= 0.3 is 0 Å². The van der Waals surface area contributed by atoms with Crippen LogP contribution in [0.5, 0.6) is 0 Å². The molecule has 5 nitrogen and oxygen atoms in total. The zero-order chi connectivity index (χ0) is 18.1. The molecule has 3 aromatic rings. The van der Waals surface area contributed by atoms with E-state index in [2.05, 4.69) is 26.1 Å². The molecule has 0 spiro atoms. The van der Waals surface area contributed by atoms with E-state index in [1.165, 1.54) is 0 Å². The molecular formula is C19H15BrClN3O2. The van der Waals surface area contributed by atoms with Crippen molar-refractivity contribution in [3.63, 3.8) is 0 Å². The Morgan fingerprint density at radius 1 is 1.15 bits per heavy atom. The lowest BCUT2D eigenvalue weighted by Crippen LogP contribution is -2.27. The molecule has 4 rings (SSSR count). The molecule has 1 aliphatic heterocycles. The summed E-state index contributed by atoms with van der Waals surface area (Å²) in [4.78, 5) is 18.7. The molecule has 0 radical (unpaired) electrons. The van der Waals surface area contributed by atoms with E-state index in [1.54, 1.807) is 4.90 Å². The molecule has 1 aliphatic rings. The third kappa shape index (κ3) is 3.52. The average molecular weight is 433 g/mol. The summed E-state index contributed by atoms with van der Waals surface area (Å²) in [5, 5.41) is 4.76. The van der Waals surface area contributed by atoms with E-state index in [9.17, 15) is 4.79 Å². The minimum Gasteiger partial charge on any atom is -0.337 e. The van der Waals surface area contributed by atoms with Gasteiger partial charge in [-0.3, -0.25) is 4.79 Å². The lowest BCUT2D eigenvalue weighted by Gasteiger charge is -2.22. The second kappa shape index (κ2) is 7.21. The molecule has 1 aromatic heterocycles. The number of rotatable bonds is 4. The molecule has 1 fully saturated rings. The van der Waals surface area contributed by atoms with Crippen molar-refractivity contribution in [2.75, 3.05) is 0 Å². The molecule has 2 aromatic carbocycles. The zero-order valence-corrected chi connectivity index (χ0v) is 16.1. The van der Waals surface area contributed by atoms with Gasteiger partial charge in [-0.05, 0) is 48.4 Å². The Labute approximate surface area is 164 Å². The first-order valence-electron chi connectivity index (χ1n) is 8.23. The third-order valence-electron chi connectivity index (χ3n) is 4.42. The van der Waals surface area contributed by atoms with E-state index in [0.29, 0.717) is 36.1 Å². The number of amides is 1. The van der Waals surface area contributed by atoms with E-state index in [-0.39, 0.29) is 11.9 Å². The number of hydrogen-bond donors (Lipinski definition) is 0. The first-order valence-corrected chi connectivity index (χ1v) is 9.41. The minimum atomic E-state index is -0.199. The third-order valence-corrected chi connectivity index (χ3v) is 5.20. The Kier molecular flexibility index (Phi) is 4.78. The maximum absolute atomic E-state index is 12.3. The van der Waals surface area contributed by atoms with Crippen LogP contribution in [0.15, 0.2) is 57.5 Å². The van der Waals surface area contributed by atoms with Crippen LogP contribution < -0.4 is 0 Å². The molecule has 26 heavy (non-hydrogen) atoms. The van der Waals surface area contributed by atoms with Crippen molar-refractivity contribution >= 4 is 33.4 Å². The van der Waals surface area contributed by atoms with Crippen LogP contribution in [0.2, 0.25) is 5.02 Å². The van der Waals surface area contributed by atoms with Gasteiger partial charge in [-0.2, -0.15) is 4.98 Å². The van der Waals surface area contributed by atoms with E-state index in [1.807, 2.05) is 48.5 Å². The van der Waals surface area contributed by atoms with Crippen molar-refractivity contribution in [2.45, 2.75) is 25.4 Å². The van der Waals surface area contributed by atoms with Gasteiger partial charge in [-0.15, -0.1) is 0 Å². The molecule has 2 heterocycles. The minimum absolute atomic E-state index is 0.0911. The summed E-state index contributed by atoms with van der Waals surface area (Å²) in [7, 11) is 0. The number of aromatic nitrogens is 2. The zero-order valence-electron chi connectivity index (χ0n) is 13.7. The Balaban J connectivity index is 1.57. The van der Waals surface area contributed by atoms with Gasteiger partial charge in [-0.25, -0.2) is 0 Å². The van der Waals surface area contributed by atoms with Crippen LogP contribution in [0.25, 0.3) is 11.4 Å². The van der Waals surface area contributed by atoms with Gasteiger partial charge in [0.25, 0.3) is 0 Å². The fraction of sp³-hybridized carbons (Fsp3) is 0.211. The van der Waals surface area contributed by atoms with Gasteiger partial charge in [0, 0.05) is 28.0 Å². The van der Waals surface area contributed by atoms with Crippen molar-refractivity contribution in [3.8, 4) is 11.4 Å². The number of hydrogen-bond acceptors (Lipinski definition) is 4. The van der Waals surface area contributed by atoms with Crippen LogP contribution in [-0.4, -0.2) is 20.9 Å². The summed E-state index contributed by atoms with van der Waals surface area (Å²) in [5.74, 6) is 1.09. The monoisotopic (exact) mass is 431 g/mol. The number of carbonyl (C=O) groups excluding carboxylic acids is 1. The fourth-order valence-corrected chi connectivity index (χ4v) is 3.45. The number of carbonyl (C=O) groups is 1. The van der Waals surface area contributed by atoms with E-state index >= 15 is 0 Å². The summed E-state index contributed by atoms with van der Waals surface area (Å²) in [6.45, 7) is 0.497. The lowest BCUT2D eigenvalue weighted by molar-refractivity contribution is -0.129. The second-order valence-electron chi connectivity index (χ2n) is 6.17. The molecule has 7 heteroatoms. The standard InChI is InChI=1S/C19H15BrClN3O2/c20-14-5-3-13(4-6-14)18-22-19(26-23-18)16-9-10-17(25)24(16)11-12-1-7-15(21)8-2-12/h1-8,16H,9-11H2. The molecule has 0 saturated carbocycles. The second-order valence-corrected chi connectivity index (χ2v) is 7.52. The van der Waals surface area contributed by atoms with Gasteiger partial charge in [0.05, 0.1) is 0 Å². The predicted octanol–water partition coefficient (Wildman–Crippen LogP) is 5.02. The molecule has 0 bridgehead atoms. The number of halogens is 2. The number of nitrogens with zero attached hydrogens (tertiary/aromatic N) is 3. The maximum Gasteiger partial charge on any atom is 0.249 e. The van der Waals surface area contributed by atoms with Gasteiger partial charge in [0.2, 0.25) is 17.6 Å². The molecule has 132 valence electrons. The highest BCUT2D eigenvalue weighted by Crippen LogP contribution is 2.34. The van der Waals surface area contributed by atoms with Crippen LogP contribution in [0.3, 0.4) is 0 Å². The van der Waals surface area contributed by atoms with Gasteiger partial charge in [0.15, 0.2) is 0 Å². The molecule has 1 atom stereocenters. The van der Waals surface area contributed by atoms with Crippen molar-refractivity contribution in [1.29, 1.82) is 0 Å². The van der Waals surface area contributed by atoms with Crippen molar-refractivity contribution < 1.29 is 9.32 Å². The first-order chi connectivity index (χ1) is 12.6. The Hall–Kier alpha value is -2.18. The van der Waals surface area contributed by atoms with E-state index < -0.39 is 0 Å². The summed E-state index contributed by atoms with van der Waals surface area (Å²) in [6, 6.07) is 15.0. The lowest BCUT2D eigenvalue weighted by atomic mass is 10.1. The number of likely N-dealkylation sites (tertiary alicyclic amines) is 1. The van der Waals surface area contributed by atoms with Crippen LogP contribution in [-0.2, 0) is 11.3 Å². The van der Waals surface area contributed by atoms with Crippen molar-refractivity contribution in [2.24, 2.45) is 0 Å². The van der Waals surface area contributed by atoms with Crippen molar-refractivity contribution in [1.82, 2.24) is 15.0 Å². The van der Waals surface area contributed by atoms with Crippen LogP contribution in [0, 0.1) is 0 Å². The van der Waals surface area contributed by atoms with Crippen LogP contribution in [0.1, 0.15) is 30.3 Å². The van der Waals surface area contributed by atoms with Crippen LogP contribution >= 0.6 is 27.5 Å². The topological polar surface area (TPSA) is 59.2 Å². The summed E-state index contributed by atoms with van der Waals surface area (Å²) in [5.41, 5.74) is 1.89.